The van der Waals surface area contributed by atoms with Gasteiger partial charge in [0.2, 0.25) is 0 Å². The number of carbonyl (C=O) groups is 2. The number of benzene rings is 2. The summed E-state index contributed by atoms with van der Waals surface area (Å²) in [5.74, 6) is -0.263. The summed E-state index contributed by atoms with van der Waals surface area (Å²) in [5, 5.41) is 6.50. The van der Waals surface area contributed by atoms with E-state index >= 15 is 0 Å². The molecule has 0 saturated carbocycles. The first kappa shape index (κ1) is 17.5. The third-order valence-corrected chi connectivity index (χ3v) is 4.28. The molecule has 0 fully saturated rings. The summed E-state index contributed by atoms with van der Waals surface area (Å²) < 4.78 is 5.09. The first-order valence-electron chi connectivity index (χ1n) is 8.76. The molecule has 4 aromatic rings. The standard InChI is InChI=1S/C22H17N3O3/c26-21(18-10-11-23-19-8-2-1-7-17(18)19)24-14-15-5-3-6-16(13-15)25-22(27)20-9-4-12-28-20/h1-13H,14H2,(H,24,26)(H,25,27). The molecule has 2 aromatic carbocycles. The molecule has 0 aliphatic heterocycles. The van der Waals surface area contributed by atoms with E-state index in [0.29, 0.717) is 17.8 Å². The number of nitrogens with zero attached hydrogens (tertiary/aromatic N) is 1. The Bertz CT molecular complexity index is 1130. The van der Waals surface area contributed by atoms with Gasteiger partial charge in [0.1, 0.15) is 0 Å². The van der Waals surface area contributed by atoms with Crippen LogP contribution in [0.1, 0.15) is 26.5 Å². The van der Waals surface area contributed by atoms with Gasteiger partial charge in [-0.15, -0.1) is 0 Å². The van der Waals surface area contributed by atoms with E-state index in [4.69, 9.17) is 4.42 Å². The minimum absolute atomic E-state index is 0.177. The molecule has 2 amide bonds. The van der Waals surface area contributed by atoms with Gasteiger partial charge in [0.25, 0.3) is 11.8 Å². The molecular weight excluding hydrogens is 354 g/mol. The van der Waals surface area contributed by atoms with Crippen LogP contribution in [0, 0.1) is 0 Å². The second-order valence-electron chi connectivity index (χ2n) is 6.19. The molecular formula is C22H17N3O3. The van der Waals surface area contributed by atoms with E-state index in [1.165, 1.54) is 6.26 Å². The third kappa shape index (κ3) is 3.76. The number of anilines is 1. The highest BCUT2D eigenvalue weighted by Crippen LogP contribution is 2.17. The quantitative estimate of drug-likeness (QED) is 0.555. The predicted molar refractivity (Wildman–Crippen MR) is 106 cm³/mol. The first-order valence-corrected chi connectivity index (χ1v) is 8.76. The summed E-state index contributed by atoms with van der Waals surface area (Å²) in [5.41, 5.74) is 2.84. The lowest BCUT2D eigenvalue weighted by atomic mass is 10.1. The molecule has 0 atom stereocenters. The summed E-state index contributed by atoms with van der Waals surface area (Å²) >= 11 is 0. The maximum atomic E-state index is 12.6. The Hall–Kier alpha value is -3.93. The molecule has 28 heavy (non-hydrogen) atoms. The highest BCUT2D eigenvalue weighted by Gasteiger charge is 2.11. The molecule has 2 aromatic heterocycles. The lowest BCUT2D eigenvalue weighted by Crippen LogP contribution is -2.23. The van der Waals surface area contributed by atoms with E-state index in [9.17, 15) is 9.59 Å². The van der Waals surface area contributed by atoms with Crippen molar-refractivity contribution in [2.45, 2.75) is 6.54 Å². The number of para-hydroxylation sites is 1. The Morgan fingerprint density at radius 3 is 2.68 bits per heavy atom. The average Bonchev–Trinajstić information content (AvgIpc) is 3.27. The van der Waals surface area contributed by atoms with Gasteiger partial charge in [0.05, 0.1) is 17.3 Å². The molecule has 0 spiro atoms. The molecule has 0 bridgehead atoms. The van der Waals surface area contributed by atoms with Crippen molar-refractivity contribution in [2.75, 3.05) is 5.32 Å². The fraction of sp³-hybridized carbons (Fsp3) is 0.0455. The van der Waals surface area contributed by atoms with Crippen LogP contribution in [0.4, 0.5) is 5.69 Å². The normalized spacial score (nSPS) is 10.6. The number of rotatable bonds is 5. The third-order valence-electron chi connectivity index (χ3n) is 4.28. The van der Waals surface area contributed by atoms with Crippen molar-refractivity contribution in [1.29, 1.82) is 0 Å². The molecule has 0 unspecified atom stereocenters. The highest BCUT2D eigenvalue weighted by molar-refractivity contribution is 6.06. The number of nitrogens with one attached hydrogen (secondary N) is 2. The van der Waals surface area contributed by atoms with Gasteiger partial charge >= 0.3 is 0 Å². The molecule has 138 valence electrons. The van der Waals surface area contributed by atoms with Gasteiger partial charge in [-0.25, -0.2) is 0 Å². The second kappa shape index (κ2) is 7.75. The summed E-state index contributed by atoms with van der Waals surface area (Å²) in [6, 6.07) is 19.8. The van der Waals surface area contributed by atoms with Crippen LogP contribution < -0.4 is 10.6 Å². The number of hydrogen-bond donors (Lipinski definition) is 2. The lowest BCUT2D eigenvalue weighted by Gasteiger charge is -2.09. The van der Waals surface area contributed by atoms with Crippen LogP contribution in [0.3, 0.4) is 0 Å². The van der Waals surface area contributed by atoms with Gasteiger partial charge < -0.3 is 15.1 Å². The van der Waals surface area contributed by atoms with Crippen LogP contribution >= 0.6 is 0 Å². The Morgan fingerprint density at radius 2 is 1.82 bits per heavy atom. The fourth-order valence-electron chi connectivity index (χ4n) is 2.93. The fourth-order valence-corrected chi connectivity index (χ4v) is 2.93. The lowest BCUT2D eigenvalue weighted by molar-refractivity contribution is 0.0951. The molecule has 0 aliphatic rings. The monoisotopic (exact) mass is 371 g/mol. The highest BCUT2D eigenvalue weighted by atomic mass is 16.3. The maximum absolute atomic E-state index is 12.6. The molecule has 0 saturated heterocycles. The zero-order valence-corrected chi connectivity index (χ0v) is 14.9. The van der Waals surface area contributed by atoms with Crippen LogP contribution in [0.5, 0.6) is 0 Å². The number of amides is 2. The number of hydrogen-bond acceptors (Lipinski definition) is 4. The van der Waals surface area contributed by atoms with Gasteiger partial charge in [-0.1, -0.05) is 30.3 Å². The van der Waals surface area contributed by atoms with Crippen molar-refractivity contribution >= 4 is 28.4 Å². The molecule has 6 nitrogen and oxygen atoms in total. The Kier molecular flexibility index (Phi) is 4.84. The zero-order chi connectivity index (χ0) is 19.3. The average molecular weight is 371 g/mol. The largest absolute Gasteiger partial charge is 0.459 e. The van der Waals surface area contributed by atoms with E-state index in [1.807, 2.05) is 42.5 Å². The number of fused-ring (bicyclic) bond motifs is 1. The van der Waals surface area contributed by atoms with Gasteiger partial charge in [0.15, 0.2) is 5.76 Å². The Labute approximate surface area is 161 Å². The Morgan fingerprint density at radius 1 is 0.929 bits per heavy atom. The molecule has 0 aliphatic carbocycles. The summed E-state index contributed by atoms with van der Waals surface area (Å²) in [4.78, 5) is 29.0. The van der Waals surface area contributed by atoms with Crippen molar-refractivity contribution in [3.05, 3.63) is 96.1 Å². The van der Waals surface area contributed by atoms with Gasteiger partial charge in [-0.3, -0.25) is 14.6 Å². The minimum Gasteiger partial charge on any atom is -0.459 e. The van der Waals surface area contributed by atoms with Crippen molar-refractivity contribution in [1.82, 2.24) is 10.3 Å². The van der Waals surface area contributed by atoms with E-state index in [1.54, 1.807) is 30.5 Å². The smallest absolute Gasteiger partial charge is 0.291 e. The summed E-state index contributed by atoms with van der Waals surface area (Å²) in [7, 11) is 0. The van der Waals surface area contributed by atoms with Crippen LogP contribution in [0.25, 0.3) is 10.9 Å². The first-order chi connectivity index (χ1) is 13.7. The topological polar surface area (TPSA) is 84.2 Å². The van der Waals surface area contributed by atoms with E-state index in [0.717, 1.165) is 16.5 Å². The molecule has 4 rings (SSSR count). The molecule has 2 N–H and O–H groups in total. The van der Waals surface area contributed by atoms with E-state index in [2.05, 4.69) is 15.6 Å². The molecule has 0 radical (unpaired) electrons. The second-order valence-corrected chi connectivity index (χ2v) is 6.19. The minimum atomic E-state index is -0.325. The van der Waals surface area contributed by atoms with Crippen LogP contribution in [0.2, 0.25) is 0 Å². The van der Waals surface area contributed by atoms with Crippen LogP contribution in [-0.4, -0.2) is 16.8 Å². The molecule has 2 heterocycles. The molecule has 6 heteroatoms. The Balaban J connectivity index is 1.45. The van der Waals surface area contributed by atoms with E-state index in [-0.39, 0.29) is 17.6 Å². The van der Waals surface area contributed by atoms with Crippen molar-refractivity contribution < 1.29 is 14.0 Å². The van der Waals surface area contributed by atoms with Gasteiger partial charge in [-0.2, -0.15) is 0 Å². The number of pyridine rings is 1. The van der Waals surface area contributed by atoms with Gasteiger partial charge in [-0.05, 0) is 42.0 Å². The van der Waals surface area contributed by atoms with Crippen molar-refractivity contribution in [3.8, 4) is 0 Å². The predicted octanol–water partition coefficient (Wildman–Crippen LogP) is 4.01. The number of carbonyl (C=O) groups excluding carboxylic acids is 2. The SMILES string of the molecule is O=C(Nc1cccc(CNC(=O)c2ccnc3ccccc23)c1)c1ccco1. The zero-order valence-electron chi connectivity index (χ0n) is 14.9. The van der Waals surface area contributed by atoms with Crippen molar-refractivity contribution in [2.24, 2.45) is 0 Å². The number of aromatic nitrogens is 1. The van der Waals surface area contributed by atoms with E-state index < -0.39 is 0 Å². The number of furan rings is 1. The summed E-state index contributed by atoms with van der Waals surface area (Å²) in [6.45, 7) is 0.333. The maximum Gasteiger partial charge on any atom is 0.291 e. The van der Waals surface area contributed by atoms with Crippen molar-refractivity contribution in [3.63, 3.8) is 0 Å². The van der Waals surface area contributed by atoms with Gasteiger partial charge in [0, 0.05) is 23.8 Å². The van der Waals surface area contributed by atoms with Crippen LogP contribution in [-0.2, 0) is 6.54 Å². The van der Waals surface area contributed by atoms with Crippen LogP contribution in [0.15, 0.2) is 83.6 Å². The summed E-state index contributed by atoms with van der Waals surface area (Å²) in [6.07, 6.45) is 3.08.